The van der Waals surface area contributed by atoms with Crippen LogP contribution in [0.3, 0.4) is 0 Å². The molecule has 0 spiro atoms. The molecule has 1 atom stereocenters. The third-order valence-corrected chi connectivity index (χ3v) is 3.84. The quantitative estimate of drug-likeness (QED) is 0.817. The van der Waals surface area contributed by atoms with Crippen LogP contribution in [-0.2, 0) is 4.79 Å². The zero-order valence-corrected chi connectivity index (χ0v) is 11.5. The molecule has 0 saturated carbocycles. The van der Waals surface area contributed by atoms with Gasteiger partial charge in [0.15, 0.2) is 0 Å². The van der Waals surface area contributed by atoms with Crippen LogP contribution >= 0.6 is 0 Å². The van der Waals surface area contributed by atoms with Gasteiger partial charge in [-0.1, -0.05) is 0 Å². The fourth-order valence-corrected chi connectivity index (χ4v) is 2.69. The molecule has 3 rings (SSSR count). The van der Waals surface area contributed by atoms with E-state index >= 15 is 0 Å². The molecule has 5 heteroatoms. The normalized spacial score (nSPS) is 19.4. The first-order chi connectivity index (χ1) is 9.65. The highest BCUT2D eigenvalue weighted by molar-refractivity contribution is 6.00. The number of piperidine rings is 1. The molecule has 3 N–H and O–H groups in total. The standard InChI is InChI=1S/C15H18N4O/c1-19-9-10(2-5-15(19)20)18-14-4-3-13(16)11-6-7-17-8-12(11)14/h3-4,6-8,10,18H,2,5,9,16H2,1H3. The topological polar surface area (TPSA) is 71.2 Å². The second-order valence-corrected chi connectivity index (χ2v) is 5.28. The number of hydrogen-bond donors (Lipinski definition) is 2. The SMILES string of the molecule is CN1CC(Nc2ccc(N)c3ccncc23)CCC1=O. The van der Waals surface area contributed by atoms with Crippen molar-refractivity contribution in [2.45, 2.75) is 18.9 Å². The summed E-state index contributed by atoms with van der Waals surface area (Å²) in [7, 11) is 1.85. The van der Waals surface area contributed by atoms with Gasteiger partial charge in [-0.25, -0.2) is 0 Å². The Morgan fingerprint density at radius 1 is 1.35 bits per heavy atom. The predicted octanol–water partition coefficient (Wildman–Crippen LogP) is 1.85. The number of rotatable bonds is 2. The van der Waals surface area contributed by atoms with Gasteiger partial charge in [-0.05, 0) is 24.6 Å². The highest BCUT2D eigenvalue weighted by Gasteiger charge is 2.23. The summed E-state index contributed by atoms with van der Waals surface area (Å²) in [5, 5.41) is 5.54. The Kier molecular flexibility index (Phi) is 3.18. The molecule has 104 valence electrons. The number of hydrogen-bond acceptors (Lipinski definition) is 4. The third-order valence-electron chi connectivity index (χ3n) is 3.84. The maximum atomic E-state index is 11.5. The second kappa shape index (κ2) is 5.00. The largest absolute Gasteiger partial charge is 0.398 e. The van der Waals surface area contributed by atoms with Gasteiger partial charge in [-0.3, -0.25) is 9.78 Å². The fourth-order valence-electron chi connectivity index (χ4n) is 2.69. The van der Waals surface area contributed by atoms with Crippen molar-refractivity contribution in [2.75, 3.05) is 24.6 Å². The summed E-state index contributed by atoms with van der Waals surface area (Å²) in [4.78, 5) is 17.5. The van der Waals surface area contributed by atoms with Gasteiger partial charge < -0.3 is 16.0 Å². The third kappa shape index (κ3) is 2.27. The summed E-state index contributed by atoms with van der Waals surface area (Å²) in [5.74, 6) is 0.215. The van der Waals surface area contributed by atoms with Crippen LogP contribution in [0.15, 0.2) is 30.6 Å². The van der Waals surface area contributed by atoms with Gasteiger partial charge in [0.25, 0.3) is 0 Å². The Morgan fingerprint density at radius 2 is 2.20 bits per heavy atom. The Labute approximate surface area is 117 Å². The number of benzene rings is 1. The van der Waals surface area contributed by atoms with Crippen molar-refractivity contribution in [3.8, 4) is 0 Å². The molecule has 2 heterocycles. The number of carbonyl (C=O) groups is 1. The van der Waals surface area contributed by atoms with Gasteiger partial charge in [-0.2, -0.15) is 0 Å². The van der Waals surface area contributed by atoms with Gasteiger partial charge in [0.2, 0.25) is 5.91 Å². The van der Waals surface area contributed by atoms with Crippen LogP contribution in [0.4, 0.5) is 11.4 Å². The van der Waals surface area contributed by atoms with Crippen molar-refractivity contribution >= 4 is 28.1 Å². The molecule has 1 fully saturated rings. The lowest BCUT2D eigenvalue weighted by Crippen LogP contribution is -2.43. The smallest absolute Gasteiger partial charge is 0.222 e. The van der Waals surface area contributed by atoms with Crippen molar-refractivity contribution in [2.24, 2.45) is 0 Å². The maximum absolute atomic E-state index is 11.5. The molecule has 0 bridgehead atoms. The minimum Gasteiger partial charge on any atom is -0.398 e. The molecule has 1 aliphatic rings. The van der Waals surface area contributed by atoms with E-state index in [2.05, 4.69) is 10.3 Å². The van der Waals surface area contributed by atoms with Gasteiger partial charge in [0, 0.05) is 60.6 Å². The summed E-state index contributed by atoms with van der Waals surface area (Å²) < 4.78 is 0. The molecule has 0 radical (unpaired) electrons. The van der Waals surface area contributed by atoms with E-state index in [1.165, 1.54) is 0 Å². The second-order valence-electron chi connectivity index (χ2n) is 5.28. The van der Waals surface area contributed by atoms with Crippen molar-refractivity contribution < 1.29 is 4.79 Å². The van der Waals surface area contributed by atoms with E-state index in [9.17, 15) is 4.79 Å². The highest BCUT2D eigenvalue weighted by Crippen LogP contribution is 2.28. The number of carbonyl (C=O) groups excluding carboxylic acids is 1. The van der Waals surface area contributed by atoms with E-state index in [4.69, 9.17) is 5.73 Å². The number of likely N-dealkylation sites (tertiary alicyclic amines) is 1. The number of likely N-dealkylation sites (N-methyl/N-ethyl adjacent to an activating group) is 1. The van der Waals surface area contributed by atoms with Crippen LogP contribution in [0.1, 0.15) is 12.8 Å². The Bertz CT molecular complexity index is 655. The molecule has 2 aromatic rings. The van der Waals surface area contributed by atoms with E-state index in [0.29, 0.717) is 6.42 Å². The predicted molar refractivity (Wildman–Crippen MR) is 80.4 cm³/mol. The minimum absolute atomic E-state index is 0.215. The highest BCUT2D eigenvalue weighted by atomic mass is 16.2. The van der Waals surface area contributed by atoms with E-state index in [-0.39, 0.29) is 11.9 Å². The molecule has 1 saturated heterocycles. The molecule has 1 unspecified atom stereocenters. The first kappa shape index (κ1) is 12.7. The van der Waals surface area contributed by atoms with Crippen LogP contribution in [-0.4, -0.2) is 35.4 Å². The first-order valence-corrected chi connectivity index (χ1v) is 6.78. The lowest BCUT2D eigenvalue weighted by Gasteiger charge is -2.31. The summed E-state index contributed by atoms with van der Waals surface area (Å²) in [6.07, 6.45) is 5.02. The summed E-state index contributed by atoms with van der Waals surface area (Å²) in [6.45, 7) is 0.727. The van der Waals surface area contributed by atoms with E-state index in [1.807, 2.05) is 31.4 Å². The van der Waals surface area contributed by atoms with Gasteiger partial charge in [0.1, 0.15) is 0 Å². The monoisotopic (exact) mass is 270 g/mol. The molecule has 0 aliphatic carbocycles. The van der Waals surface area contributed by atoms with Crippen molar-refractivity contribution in [3.63, 3.8) is 0 Å². The van der Waals surface area contributed by atoms with E-state index in [1.54, 1.807) is 11.1 Å². The van der Waals surface area contributed by atoms with Crippen molar-refractivity contribution in [1.29, 1.82) is 0 Å². The number of nitrogens with one attached hydrogen (secondary N) is 1. The van der Waals surface area contributed by atoms with E-state index in [0.717, 1.165) is 35.1 Å². The molecular formula is C15H18N4O. The van der Waals surface area contributed by atoms with Crippen LogP contribution < -0.4 is 11.1 Å². The number of nitrogen functional groups attached to an aromatic ring is 1. The number of aromatic nitrogens is 1. The van der Waals surface area contributed by atoms with Crippen molar-refractivity contribution in [1.82, 2.24) is 9.88 Å². The molecule has 1 amide bonds. The lowest BCUT2D eigenvalue weighted by atomic mass is 10.0. The van der Waals surface area contributed by atoms with Gasteiger partial charge in [-0.15, -0.1) is 0 Å². The first-order valence-electron chi connectivity index (χ1n) is 6.78. The number of pyridine rings is 1. The molecule has 1 aromatic heterocycles. The summed E-state index contributed by atoms with van der Waals surface area (Å²) >= 11 is 0. The van der Waals surface area contributed by atoms with Crippen LogP contribution in [0.5, 0.6) is 0 Å². The average molecular weight is 270 g/mol. The maximum Gasteiger partial charge on any atom is 0.222 e. The number of nitrogens with two attached hydrogens (primary N) is 1. The average Bonchev–Trinajstić information content (AvgIpc) is 2.46. The van der Waals surface area contributed by atoms with Gasteiger partial charge in [0.05, 0.1) is 0 Å². The van der Waals surface area contributed by atoms with E-state index < -0.39 is 0 Å². The fraction of sp³-hybridized carbons (Fsp3) is 0.333. The van der Waals surface area contributed by atoms with Crippen LogP contribution in [0.25, 0.3) is 10.8 Å². The molecule has 1 aromatic carbocycles. The van der Waals surface area contributed by atoms with Crippen molar-refractivity contribution in [3.05, 3.63) is 30.6 Å². The number of amides is 1. The molecule has 1 aliphatic heterocycles. The summed E-state index contributed by atoms with van der Waals surface area (Å²) in [6, 6.07) is 6.08. The van der Waals surface area contributed by atoms with Crippen LogP contribution in [0, 0.1) is 0 Å². The Hall–Kier alpha value is -2.30. The minimum atomic E-state index is 0.215. The van der Waals surface area contributed by atoms with Gasteiger partial charge >= 0.3 is 0 Å². The van der Waals surface area contributed by atoms with Crippen LogP contribution in [0.2, 0.25) is 0 Å². The number of fused-ring (bicyclic) bond motifs is 1. The molecular weight excluding hydrogens is 252 g/mol. The lowest BCUT2D eigenvalue weighted by molar-refractivity contribution is -0.132. The Morgan fingerprint density at radius 3 is 3.00 bits per heavy atom. The zero-order chi connectivity index (χ0) is 14.1. The number of anilines is 2. The molecule has 5 nitrogen and oxygen atoms in total. The molecule has 20 heavy (non-hydrogen) atoms. The number of nitrogens with zero attached hydrogens (tertiary/aromatic N) is 2. The zero-order valence-electron chi connectivity index (χ0n) is 11.5. The summed E-state index contributed by atoms with van der Waals surface area (Å²) in [5.41, 5.74) is 7.77. The Balaban J connectivity index is 1.88.